The molecular weight excluding hydrogens is 348 g/mol. The molecule has 26 heavy (non-hydrogen) atoms. The first-order chi connectivity index (χ1) is 12.3. The molecule has 2 aromatic rings. The van der Waals surface area contributed by atoms with E-state index in [1.54, 1.807) is 38.1 Å². The van der Waals surface area contributed by atoms with E-state index in [0.717, 1.165) is 18.8 Å². The quantitative estimate of drug-likeness (QED) is 0.742. The minimum Gasteiger partial charge on any atom is -0.478 e. The van der Waals surface area contributed by atoms with E-state index in [-0.39, 0.29) is 5.91 Å². The van der Waals surface area contributed by atoms with Gasteiger partial charge in [-0.1, -0.05) is 29.3 Å². The van der Waals surface area contributed by atoms with Gasteiger partial charge in [-0.05, 0) is 64.1 Å². The number of halogens is 1. The number of hydrogen-bond donors (Lipinski definition) is 1. The Bertz CT molecular complexity index is 712. The van der Waals surface area contributed by atoms with E-state index in [1.807, 2.05) is 0 Å². The van der Waals surface area contributed by atoms with Gasteiger partial charge < -0.3 is 15.0 Å². The number of benzene rings is 2. The number of aryl methyl sites for hydroxylation is 1. The van der Waals surface area contributed by atoms with Crippen LogP contribution in [0.4, 0.5) is 5.69 Å². The second kappa shape index (κ2) is 8.95. The summed E-state index contributed by atoms with van der Waals surface area (Å²) in [7, 11) is 0. The molecule has 0 unspecified atom stereocenters. The highest BCUT2D eigenvalue weighted by Gasteiger charge is 2.29. The predicted molar refractivity (Wildman–Crippen MR) is 108 cm³/mol. The van der Waals surface area contributed by atoms with E-state index in [4.69, 9.17) is 16.3 Å². The summed E-state index contributed by atoms with van der Waals surface area (Å²) in [5, 5.41) is 3.60. The minimum absolute atomic E-state index is 0.146. The molecule has 2 aromatic carbocycles. The van der Waals surface area contributed by atoms with E-state index in [2.05, 4.69) is 48.3 Å². The lowest BCUT2D eigenvalue weighted by Crippen LogP contribution is -2.48. The molecule has 0 fully saturated rings. The number of rotatable bonds is 8. The molecule has 0 bridgehead atoms. The van der Waals surface area contributed by atoms with Crippen LogP contribution in [0.15, 0.2) is 48.5 Å². The van der Waals surface area contributed by atoms with Crippen molar-refractivity contribution >= 4 is 23.2 Å². The van der Waals surface area contributed by atoms with Crippen LogP contribution in [0.3, 0.4) is 0 Å². The number of carbonyl (C=O) groups is 1. The molecular formula is C21H27ClN2O2. The SMILES string of the molecule is CCN(CCNC(=O)C(C)(C)Oc1ccc(Cl)cc1)c1ccc(C)cc1. The standard InChI is InChI=1S/C21H27ClN2O2/c1-5-24(18-10-6-16(2)7-11-18)15-14-23-20(25)21(3,4)26-19-12-8-17(22)9-13-19/h6-13H,5,14-15H2,1-4H3,(H,23,25). The molecule has 0 aliphatic heterocycles. The molecule has 0 radical (unpaired) electrons. The van der Waals surface area contributed by atoms with Gasteiger partial charge in [0.05, 0.1) is 0 Å². The van der Waals surface area contributed by atoms with Gasteiger partial charge in [0.25, 0.3) is 5.91 Å². The molecule has 1 N–H and O–H groups in total. The highest BCUT2D eigenvalue weighted by Crippen LogP contribution is 2.21. The molecule has 0 saturated heterocycles. The summed E-state index contributed by atoms with van der Waals surface area (Å²) in [5.74, 6) is 0.469. The van der Waals surface area contributed by atoms with Crippen molar-refractivity contribution in [2.24, 2.45) is 0 Å². The van der Waals surface area contributed by atoms with Crippen molar-refractivity contribution in [3.63, 3.8) is 0 Å². The van der Waals surface area contributed by atoms with Crippen LogP contribution < -0.4 is 15.0 Å². The predicted octanol–water partition coefficient (Wildman–Crippen LogP) is 4.45. The van der Waals surface area contributed by atoms with Gasteiger partial charge in [0.1, 0.15) is 5.75 Å². The normalized spacial score (nSPS) is 11.1. The second-order valence-corrected chi connectivity index (χ2v) is 7.17. The highest BCUT2D eigenvalue weighted by molar-refractivity contribution is 6.30. The van der Waals surface area contributed by atoms with Crippen LogP contribution >= 0.6 is 11.6 Å². The molecule has 0 aliphatic rings. The maximum absolute atomic E-state index is 12.5. The Morgan fingerprint density at radius 3 is 2.31 bits per heavy atom. The molecule has 5 heteroatoms. The first-order valence-electron chi connectivity index (χ1n) is 8.86. The van der Waals surface area contributed by atoms with Gasteiger partial charge in [-0.2, -0.15) is 0 Å². The van der Waals surface area contributed by atoms with E-state index < -0.39 is 5.60 Å². The first-order valence-corrected chi connectivity index (χ1v) is 9.24. The average Bonchev–Trinajstić information content (AvgIpc) is 2.61. The van der Waals surface area contributed by atoms with Crippen molar-refractivity contribution in [2.75, 3.05) is 24.5 Å². The van der Waals surface area contributed by atoms with Crippen LogP contribution in [0.1, 0.15) is 26.3 Å². The van der Waals surface area contributed by atoms with Crippen molar-refractivity contribution in [1.29, 1.82) is 0 Å². The molecule has 0 aromatic heterocycles. The van der Waals surface area contributed by atoms with Gasteiger partial charge in [0.2, 0.25) is 0 Å². The van der Waals surface area contributed by atoms with E-state index in [1.165, 1.54) is 5.56 Å². The number of hydrogen-bond acceptors (Lipinski definition) is 3. The Labute approximate surface area is 161 Å². The Kier molecular flexibility index (Phi) is 6.92. The van der Waals surface area contributed by atoms with Gasteiger partial charge in [0, 0.05) is 30.3 Å². The molecule has 0 heterocycles. The fraction of sp³-hybridized carbons (Fsp3) is 0.381. The highest BCUT2D eigenvalue weighted by atomic mass is 35.5. The number of anilines is 1. The van der Waals surface area contributed by atoms with Crippen LogP contribution in [0.5, 0.6) is 5.75 Å². The van der Waals surface area contributed by atoms with Crippen LogP contribution in [0.25, 0.3) is 0 Å². The Hall–Kier alpha value is -2.20. The summed E-state index contributed by atoms with van der Waals surface area (Å²) >= 11 is 5.88. The number of nitrogens with one attached hydrogen (secondary N) is 1. The largest absolute Gasteiger partial charge is 0.478 e. The third-order valence-electron chi connectivity index (χ3n) is 4.18. The van der Waals surface area contributed by atoms with Gasteiger partial charge in [0.15, 0.2) is 5.60 Å². The third kappa shape index (κ3) is 5.67. The average molecular weight is 375 g/mol. The van der Waals surface area contributed by atoms with Gasteiger partial charge in [-0.15, -0.1) is 0 Å². The summed E-state index contributed by atoms with van der Waals surface area (Å²) < 4.78 is 5.82. The molecule has 0 spiro atoms. The van der Waals surface area contributed by atoms with Gasteiger partial charge >= 0.3 is 0 Å². The van der Waals surface area contributed by atoms with Crippen LogP contribution in [0.2, 0.25) is 5.02 Å². The van der Waals surface area contributed by atoms with Crippen molar-refractivity contribution < 1.29 is 9.53 Å². The van der Waals surface area contributed by atoms with Gasteiger partial charge in [-0.3, -0.25) is 4.79 Å². The molecule has 2 rings (SSSR count). The zero-order chi connectivity index (χ0) is 19.2. The molecule has 140 valence electrons. The number of likely N-dealkylation sites (N-methyl/N-ethyl adjacent to an activating group) is 1. The first kappa shape index (κ1) is 20.1. The lowest BCUT2D eigenvalue weighted by atomic mass is 10.1. The number of carbonyl (C=O) groups excluding carboxylic acids is 1. The third-order valence-corrected chi connectivity index (χ3v) is 4.43. The van der Waals surface area contributed by atoms with Crippen molar-refractivity contribution in [3.05, 3.63) is 59.1 Å². The fourth-order valence-electron chi connectivity index (χ4n) is 2.59. The number of nitrogens with zero attached hydrogens (tertiary/aromatic N) is 1. The van der Waals surface area contributed by atoms with Crippen molar-refractivity contribution in [2.45, 2.75) is 33.3 Å². The lowest BCUT2D eigenvalue weighted by Gasteiger charge is -2.27. The summed E-state index contributed by atoms with van der Waals surface area (Å²) in [6.07, 6.45) is 0. The minimum atomic E-state index is -0.964. The summed E-state index contributed by atoms with van der Waals surface area (Å²) in [4.78, 5) is 14.7. The Morgan fingerprint density at radius 1 is 1.12 bits per heavy atom. The molecule has 0 saturated carbocycles. The van der Waals surface area contributed by atoms with Crippen LogP contribution in [0, 0.1) is 6.92 Å². The lowest BCUT2D eigenvalue weighted by molar-refractivity contribution is -0.134. The summed E-state index contributed by atoms with van der Waals surface area (Å²) in [5.41, 5.74) is 1.43. The monoisotopic (exact) mass is 374 g/mol. The van der Waals surface area contributed by atoms with E-state index in [0.29, 0.717) is 17.3 Å². The van der Waals surface area contributed by atoms with Crippen molar-refractivity contribution in [3.8, 4) is 5.75 Å². The van der Waals surface area contributed by atoms with Gasteiger partial charge in [-0.25, -0.2) is 0 Å². The Balaban J connectivity index is 1.87. The maximum Gasteiger partial charge on any atom is 0.263 e. The fourth-order valence-corrected chi connectivity index (χ4v) is 2.71. The molecule has 0 aliphatic carbocycles. The van der Waals surface area contributed by atoms with Crippen molar-refractivity contribution in [1.82, 2.24) is 5.32 Å². The zero-order valence-electron chi connectivity index (χ0n) is 15.9. The van der Waals surface area contributed by atoms with Crippen LogP contribution in [-0.4, -0.2) is 31.1 Å². The van der Waals surface area contributed by atoms with E-state index in [9.17, 15) is 4.79 Å². The molecule has 4 nitrogen and oxygen atoms in total. The topological polar surface area (TPSA) is 41.6 Å². The molecule has 0 atom stereocenters. The summed E-state index contributed by atoms with van der Waals surface area (Å²) in [6, 6.07) is 15.4. The zero-order valence-corrected chi connectivity index (χ0v) is 16.6. The number of amides is 1. The number of ether oxygens (including phenoxy) is 1. The van der Waals surface area contributed by atoms with E-state index >= 15 is 0 Å². The smallest absolute Gasteiger partial charge is 0.263 e. The maximum atomic E-state index is 12.5. The molecule has 1 amide bonds. The Morgan fingerprint density at radius 2 is 1.73 bits per heavy atom. The summed E-state index contributed by atoms with van der Waals surface area (Å²) in [6.45, 7) is 9.86. The van der Waals surface area contributed by atoms with Crippen LogP contribution in [-0.2, 0) is 4.79 Å². The second-order valence-electron chi connectivity index (χ2n) is 6.74.